The Hall–Kier alpha value is -0.120. The topological polar surface area (TPSA) is 15.7 Å². The SMILES string of the molecule is CC1CN(C2CCN(C(C)C)CC2)CC(C)O1. The first-order valence-corrected chi connectivity index (χ1v) is 7.20. The Labute approximate surface area is 106 Å². The first kappa shape index (κ1) is 13.3. The van der Waals surface area contributed by atoms with E-state index in [9.17, 15) is 0 Å². The number of rotatable bonds is 2. The molecular formula is C14H28N2O. The zero-order chi connectivity index (χ0) is 12.4. The Morgan fingerprint density at radius 3 is 2.00 bits per heavy atom. The summed E-state index contributed by atoms with van der Waals surface area (Å²) >= 11 is 0. The van der Waals surface area contributed by atoms with Crippen molar-refractivity contribution in [1.82, 2.24) is 9.80 Å². The highest BCUT2D eigenvalue weighted by Crippen LogP contribution is 2.22. The lowest BCUT2D eigenvalue weighted by Crippen LogP contribution is -2.53. The van der Waals surface area contributed by atoms with Crippen molar-refractivity contribution in [2.75, 3.05) is 26.2 Å². The van der Waals surface area contributed by atoms with Gasteiger partial charge >= 0.3 is 0 Å². The first-order chi connectivity index (χ1) is 8.06. The van der Waals surface area contributed by atoms with Crippen LogP contribution in [-0.4, -0.2) is 60.3 Å². The molecule has 2 aliphatic heterocycles. The van der Waals surface area contributed by atoms with Crippen LogP contribution >= 0.6 is 0 Å². The molecule has 2 aliphatic rings. The molecule has 0 bridgehead atoms. The Morgan fingerprint density at radius 1 is 1.00 bits per heavy atom. The van der Waals surface area contributed by atoms with E-state index in [1.807, 2.05) is 0 Å². The summed E-state index contributed by atoms with van der Waals surface area (Å²) < 4.78 is 5.81. The van der Waals surface area contributed by atoms with Crippen LogP contribution in [-0.2, 0) is 4.74 Å². The summed E-state index contributed by atoms with van der Waals surface area (Å²) in [5, 5.41) is 0. The fourth-order valence-corrected chi connectivity index (χ4v) is 3.28. The zero-order valence-corrected chi connectivity index (χ0v) is 11.9. The lowest BCUT2D eigenvalue weighted by atomic mass is 10.0. The third-order valence-corrected chi connectivity index (χ3v) is 4.19. The van der Waals surface area contributed by atoms with E-state index in [0.717, 1.165) is 19.1 Å². The summed E-state index contributed by atoms with van der Waals surface area (Å²) in [5.41, 5.74) is 0. The fraction of sp³-hybridized carbons (Fsp3) is 1.00. The second-order valence-corrected chi connectivity index (χ2v) is 6.07. The van der Waals surface area contributed by atoms with Gasteiger partial charge in [-0.25, -0.2) is 0 Å². The molecule has 3 heteroatoms. The summed E-state index contributed by atoms with van der Waals surface area (Å²) in [7, 11) is 0. The fourth-order valence-electron chi connectivity index (χ4n) is 3.28. The van der Waals surface area contributed by atoms with Crippen LogP contribution in [0.4, 0.5) is 0 Å². The minimum Gasteiger partial charge on any atom is -0.373 e. The third kappa shape index (κ3) is 3.43. The van der Waals surface area contributed by atoms with Crippen LogP contribution in [0.5, 0.6) is 0 Å². The molecule has 2 heterocycles. The van der Waals surface area contributed by atoms with Crippen molar-refractivity contribution in [3.63, 3.8) is 0 Å². The van der Waals surface area contributed by atoms with Gasteiger partial charge in [0.25, 0.3) is 0 Å². The van der Waals surface area contributed by atoms with Crippen molar-refractivity contribution < 1.29 is 4.74 Å². The molecule has 2 atom stereocenters. The molecule has 17 heavy (non-hydrogen) atoms. The van der Waals surface area contributed by atoms with Crippen LogP contribution in [0, 0.1) is 0 Å². The molecule has 2 unspecified atom stereocenters. The molecule has 0 spiro atoms. The quantitative estimate of drug-likeness (QED) is 0.734. The third-order valence-electron chi connectivity index (χ3n) is 4.19. The van der Waals surface area contributed by atoms with Crippen LogP contribution < -0.4 is 0 Å². The van der Waals surface area contributed by atoms with Gasteiger partial charge in [0.15, 0.2) is 0 Å². The van der Waals surface area contributed by atoms with Gasteiger partial charge in [-0.15, -0.1) is 0 Å². The van der Waals surface area contributed by atoms with Crippen molar-refractivity contribution >= 4 is 0 Å². The normalized spacial score (nSPS) is 34.4. The largest absolute Gasteiger partial charge is 0.373 e. The van der Waals surface area contributed by atoms with E-state index in [-0.39, 0.29) is 0 Å². The van der Waals surface area contributed by atoms with Crippen LogP contribution in [0.3, 0.4) is 0 Å². The average molecular weight is 240 g/mol. The van der Waals surface area contributed by atoms with Crippen LogP contribution in [0.1, 0.15) is 40.5 Å². The summed E-state index contributed by atoms with van der Waals surface area (Å²) in [6.07, 6.45) is 3.47. The molecule has 0 aromatic rings. The zero-order valence-electron chi connectivity index (χ0n) is 11.9. The van der Waals surface area contributed by atoms with Gasteiger partial charge in [0.1, 0.15) is 0 Å². The van der Waals surface area contributed by atoms with Crippen LogP contribution in [0.15, 0.2) is 0 Å². The second kappa shape index (κ2) is 5.68. The first-order valence-electron chi connectivity index (χ1n) is 7.20. The highest BCUT2D eigenvalue weighted by atomic mass is 16.5. The van der Waals surface area contributed by atoms with Crippen molar-refractivity contribution in [3.8, 4) is 0 Å². The Bertz CT molecular complexity index is 226. The van der Waals surface area contributed by atoms with Crippen molar-refractivity contribution in [2.24, 2.45) is 0 Å². The maximum absolute atomic E-state index is 5.81. The predicted molar refractivity (Wildman–Crippen MR) is 71.3 cm³/mol. The van der Waals surface area contributed by atoms with Gasteiger partial charge in [0, 0.05) is 25.2 Å². The molecule has 2 saturated heterocycles. The van der Waals surface area contributed by atoms with Gasteiger partial charge in [0.05, 0.1) is 12.2 Å². The van der Waals surface area contributed by atoms with E-state index in [1.54, 1.807) is 0 Å². The highest BCUT2D eigenvalue weighted by Gasteiger charge is 2.30. The van der Waals surface area contributed by atoms with Crippen LogP contribution in [0.25, 0.3) is 0 Å². The molecule has 100 valence electrons. The maximum atomic E-state index is 5.81. The number of ether oxygens (including phenoxy) is 1. The summed E-state index contributed by atoms with van der Waals surface area (Å²) in [6, 6.07) is 1.50. The predicted octanol–water partition coefficient (Wildman–Crippen LogP) is 1.97. The molecule has 0 saturated carbocycles. The number of piperidine rings is 1. The molecule has 2 rings (SSSR count). The number of nitrogens with zero attached hydrogens (tertiary/aromatic N) is 2. The number of hydrogen-bond donors (Lipinski definition) is 0. The molecule has 2 fully saturated rings. The summed E-state index contributed by atoms with van der Waals surface area (Å²) in [5.74, 6) is 0. The van der Waals surface area contributed by atoms with E-state index in [1.165, 1.54) is 25.9 Å². The second-order valence-electron chi connectivity index (χ2n) is 6.07. The Kier molecular flexibility index (Phi) is 4.45. The number of likely N-dealkylation sites (tertiary alicyclic amines) is 1. The molecule has 0 amide bonds. The molecule has 0 aromatic heterocycles. The van der Waals surface area contributed by atoms with Crippen molar-refractivity contribution in [3.05, 3.63) is 0 Å². The molecular weight excluding hydrogens is 212 g/mol. The number of hydrogen-bond acceptors (Lipinski definition) is 3. The molecule has 0 aromatic carbocycles. The minimum atomic E-state index is 0.405. The molecule has 0 N–H and O–H groups in total. The average Bonchev–Trinajstić information content (AvgIpc) is 2.28. The summed E-state index contributed by atoms with van der Waals surface area (Å²) in [4.78, 5) is 5.26. The monoisotopic (exact) mass is 240 g/mol. The lowest BCUT2D eigenvalue weighted by Gasteiger charge is -2.44. The van der Waals surface area contributed by atoms with Gasteiger partial charge in [-0.05, 0) is 53.6 Å². The van der Waals surface area contributed by atoms with Gasteiger partial charge in [-0.3, -0.25) is 4.90 Å². The van der Waals surface area contributed by atoms with Gasteiger partial charge < -0.3 is 9.64 Å². The molecule has 0 aliphatic carbocycles. The van der Waals surface area contributed by atoms with E-state index in [2.05, 4.69) is 37.5 Å². The van der Waals surface area contributed by atoms with Gasteiger partial charge in [-0.1, -0.05) is 0 Å². The van der Waals surface area contributed by atoms with E-state index >= 15 is 0 Å². The van der Waals surface area contributed by atoms with E-state index in [0.29, 0.717) is 18.2 Å². The lowest BCUT2D eigenvalue weighted by molar-refractivity contribution is -0.0870. The van der Waals surface area contributed by atoms with E-state index in [4.69, 9.17) is 4.74 Å². The van der Waals surface area contributed by atoms with Gasteiger partial charge in [0.2, 0.25) is 0 Å². The highest BCUT2D eigenvalue weighted by molar-refractivity contribution is 4.85. The van der Waals surface area contributed by atoms with Crippen molar-refractivity contribution in [1.29, 1.82) is 0 Å². The molecule has 3 nitrogen and oxygen atoms in total. The Morgan fingerprint density at radius 2 is 1.53 bits per heavy atom. The minimum absolute atomic E-state index is 0.405. The Balaban J connectivity index is 1.83. The standard InChI is InChI=1S/C14H28N2O/c1-11(2)15-7-5-14(6-8-15)16-9-12(3)17-13(4)10-16/h11-14H,5-10H2,1-4H3. The molecule has 0 radical (unpaired) electrons. The van der Waals surface area contributed by atoms with E-state index < -0.39 is 0 Å². The maximum Gasteiger partial charge on any atom is 0.0678 e. The van der Waals surface area contributed by atoms with Crippen LogP contribution in [0.2, 0.25) is 0 Å². The summed E-state index contributed by atoms with van der Waals surface area (Å²) in [6.45, 7) is 13.8. The smallest absolute Gasteiger partial charge is 0.0678 e. The van der Waals surface area contributed by atoms with Gasteiger partial charge in [-0.2, -0.15) is 0 Å². The number of morpholine rings is 1. The van der Waals surface area contributed by atoms with Crippen molar-refractivity contribution in [2.45, 2.75) is 64.8 Å².